The SMILES string of the molecule is CCOC(=O)C(F)(F)[C@H](N)c1cc(Cl)cc(Br)c1O. The van der Waals surface area contributed by atoms with Crippen molar-refractivity contribution in [3.8, 4) is 5.75 Å². The lowest BCUT2D eigenvalue weighted by atomic mass is 10.0. The zero-order valence-corrected chi connectivity index (χ0v) is 12.1. The summed E-state index contributed by atoms with van der Waals surface area (Å²) in [6.45, 7) is 1.19. The summed E-state index contributed by atoms with van der Waals surface area (Å²) in [7, 11) is 0. The number of nitrogens with two attached hydrogens (primary N) is 1. The van der Waals surface area contributed by atoms with Crippen molar-refractivity contribution < 1.29 is 23.4 Å². The molecular weight excluding hydrogens is 347 g/mol. The van der Waals surface area contributed by atoms with E-state index < -0.39 is 23.7 Å². The highest BCUT2D eigenvalue weighted by Crippen LogP contribution is 2.40. The van der Waals surface area contributed by atoms with Crippen LogP contribution in [0.15, 0.2) is 16.6 Å². The highest BCUT2D eigenvalue weighted by atomic mass is 79.9. The third-order valence-electron chi connectivity index (χ3n) is 2.33. The maximum absolute atomic E-state index is 13.8. The molecule has 0 bridgehead atoms. The van der Waals surface area contributed by atoms with Crippen LogP contribution >= 0.6 is 27.5 Å². The lowest BCUT2D eigenvalue weighted by Crippen LogP contribution is -2.41. The van der Waals surface area contributed by atoms with Gasteiger partial charge in [-0.05, 0) is 35.0 Å². The molecule has 1 aromatic rings. The van der Waals surface area contributed by atoms with Gasteiger partial charge in [0.2, 0.25) is 0 Å². The van der Waals surface area contributed by atoms with Gasteiger partial charge in [-0.25, -0.2) is 4.79 Å². The van der Waals surface area contributed by atoms with Gasteiger partial charge in [-0.15, -0.1) is 0 Å². The summed E-state index contributed by atoms with van der Waals surface area (Å²) in [5.74, 6) is -6.23. The molecule has 4 nitrogen and oxygen atoms in total. The maximum atomic E-state index is 13.8. The molecule has 1 aromatic carbocycles. The molecule has 0 aliphatic rings. The van der Waals surface area contributed by atoms with Crippen LogP contribution in [0.5, 0.6) is 5.75 Å². The quantitative estimate of drug-likeness (QED) is 0.812. The smallest absolute Gasteiger partial charge is 0.379 e. The number of carbonyl (C=O) groups excluding carboxylic acids is 1. The average Bonchev–Trinajstić information content (AvgIpc) is 2.33. The topological polar surface area (TPSA) is 72.5 Å². The van der Waals surface area contributed by atoms with Crippen molar-refractivity contribution in [2.75, 3.05) is 6.61 Å². The van der Waals surface area contributed by atoms with E-state index in [0.29, 0.717) is 0 Å². The van der Waals surface area contributed by atoms with E-state index >= 15 is 0 Å². The molecule has 0 saturated heterocycles. The van der Waals surface area contributed by atoms with Gasteiger partial charge < -0.3 is 15.6 Å². The Bertz CT molecular complexity index is 499. The van der Waals surface area contributed by atoms with Gasteiger partial charge in [0, 0.05) is 10.6 Å². The second kappa shape index (κ2) is 6.02. The Morgan fingerprint density at radius 1 is 1.63 bits per heavy atom. The number of benzene rings is 1. The van der Waals surface area contributed by atoms with E-state index in [9.17, 15) is 18.7 Å². The number of carbonyl (C=O) groups is 1. The monoisotopic (exact) mass is 357 g/mol. The minimum atomic E-state index is -3.97. The van der Waals surface area contributed by atoms with Gasteiger partial charge in [0.05, 0.1) is 11.1 Å². The molecule has 3 N–H and O–H groups in total. The fourth-order valence-corrected chi connectivity index (χ4v) is 2.21. The molecule has 0 saturated carbocycles. The highest BCUT2D eigenvalue weighted by molar-refractivity contribution is 9.10. The molecule has 0 spiro atoms. The fraction of sp³-hybridized carbons (Fsp3) is 0.364. The summed E-state index contributed by atoms with van der Waals surface area (Å²) in [6, 6.07) is 0.316. The molecule has 0 radical (unpaired) electrons. The molecule has 1 atom stereocenters. The van der Waals surface area contributed by atoms with Crippen LogP contribution in [0.25, 0.3) is 0 Å². The first kappa shape index (κ1) is 16.1. The zero-order valence-electron chi connectivity index (χ0n) is 9.79. The van der Waals surface area contributed by atoms with Crippen LogP contribution in [0.2, 0.25) is 5.02 Å². The largest absolute Gasteiger partial charge is 0.506 e. The van der Waals surface area contributed by atoms with E-state index in [4.69, 9.17) is 17.3 Å². The summed E-state index contributed by atoms with van der Waals surface area (Å²) in [5.41, 5.74) is 5.00. The molecule has 8 heteroatoms. The fourth-order valence-electron chi connectivity index (χ4n) is 1.37. The number of phenols is 1. The maximum Gasteiger partial charge on any atom is 0.379 e. The standard InChI is InChI=1S/C11H11BrClF2NO3/c1-2-19-10(18)11(14,15)9(16)6-3-5(13)4-7(12)8(6)17/h3-4,9,17H,2,16H2,1H3/t9-/m1/s1. The van der Waals surface area contributed by atoms with Crippen LogP contribution in [-0.4, -0.2) is 23.6 Å². The lowest BCUT2D eigenvalue weighted by molar-refractivity contribution is -0.174. The van der Waals surface area contributed by atoms with Crippen molar-refractivity contribution in [1.29, 1.82) is 0 Å². The number of esters is 1. The first-order chi connectivity index (χ1) is 8.71. The van der Waals surface area contributed by atoms with Crippen LogP contribution in [-0.2, 0) is 9.53 Å². The number of halogens is 4. The minimum Gasteiger partial charge on any atom is -0.506 e. The summed E-state index contributed by atoms with van der Waals surface area (Å²) >= 11 is 8.65. The van der Waals surface area contributed by atoms with Gasteiger partial charge in [0.15, 0.2) is 0 Å². The summed E-state index contributed by atoms with van der Waals surface area (Å²) in [5, 5.41) is 9.79. The number of hydrogen-bond acceptors (Lipinski definition) is 4. The number of phenolic OH excluding ortho intramolecular Hbond substituents is 1. The van der Waals surface area contributed by atoms with Crippen LogP contribution in [0.4, 0.5) is 8.78 Å². The van der Waals surface area contributed by atoms with E-state index in [-0.39, 0.29) is 21.7 Å². The van der Waals surface area contributed by atoms with Gasteiger partial charge in [-0.1, -0.05) is 11.6 Å². The second-order valence-electron chi connectivity index (χ2n) is 3.65. The third-order valence-corrected chi connectivity index (χ3v) is 3.15. The van der Waals surface area contributed by atoms with Gasteiger partial charge in [-0.2, -0.15) is 8.78 Å². The van der Waals surface area contributed by atoms with Crippen LogP contribution in [0, 0.1) is 0 Å². The molecule has 0 heterocycles. The molecule has 0 aliphatic heterocycles. The highest BCUT2D eigenvalue weighted by Gasteiger charge is 2.48. The molecule has 0 unspecified atom stereocenters. The van der Waals surface area contributed by atoms with Gasteiger partial charge in [0.1, 0.15) is 11.8 Å². The summed E-state index contributed by atoms with van der Waals surface area (Å²) in [4.78, 5) is 11.2. The number of aromatic hydroxyl groups is 1. The van der Waals surface area contributed by atoms with Crippen LogP contribution in [0.3, 0.4) is 0 Å². The van der Waals surface area contributed by atoms with E-state index in [1.807, 2.05) is 0 Å². The van der Waals surface area contributed by atoms with Crippen molar-refractivity contribution in [1.82, 2.24) is 0 Å². The molecule has 0 fully saturated rings. The number of hydrogen-bond donors (Lipinski definition) is 2. The molecule has 1 rings (SSSR count). The minimum absolute atomic E-state index is 0.0924. The van der Waals surface area contributed by atoms with E-state index in [0.717, 1.165) is 6.07 Å². The Morgan fingerprint density at radius 2 is 2.21 bits per heavy atom. The molecule has 106 valence electrons. The molecule has 0 amide bonds. The van der Waals surface area contributed by atoms with Gasteiger partial charge in [-0.3, -0.25) is 0 Å². The van der Waals surface area contributed by atoms with Crippen molar-refractivity contribution in [2.45, 2.75) is 18.9 Å². The Hall–Kier alpha value is -0.920. The van der Waals surface area contributed by atoms with Crippen molar-refractivity contribution in [3.05, 3.63) is 27.2 Å². The lowest BCUT2D eigenvalue weighted by Gasteiger charge is -2.23. The summed E-state index contributed by atoms with van der Waals surface area (Å²) < 4.78 is 31.9. The van der Waals surface area contributed by atoms with Gasteiger partial charge >= 0.3 is 11.9 Å². The van der Waals surface area contributed by atoms with Crippen LogP contribution < -0.4 is 5.73 Å². The molecular formula is C11H11BrClF2NO3. The molecule has 19 heavy (non-hydrogen) atoms. The number of ether oxygens (including phenoxy) is 1. The van der Waals surface area contributed by atoms with Crippen LogP contribution in [0.1, 0.15) is 18.5 Å². The Morgan fingerprint density at radius 3 is 2.74 bits per heavy atom. The summed E-state index contributed by atoms with van der Waals surface area (Å²) in [6.07, 6.45) is 0. The predicted octanol–water partition coefficient (Wildman–Crippen LogP) is 3.01. The van der Waals surface area contributed by atoms with E-state index in [1.165, 1.54) is 13.0 Å². The van der Waals surface area contributed by atoms with E-state index in [1.54, 1.807) is 0 Å². The first-order valence-corrected chi connectivity index (χ1v) is 6.37. The van der Waals surface area contributed by atoms with Gasteiger partial charge in [0.25, 0.3) is 0 Å². The number of alkyl halides is 2. The van der Waals surface area contributed by atoms with Crippen molar-refractivity contribution in [3.63, 3.8) is 0 Å². The Labute approximate surface area is 121 Å². The number of rotatable bonds is 4. The van der Waals surface area contributed by atoms with E-state index in [2.05, 4.69) is 20.7 Å². The Kier molecular flexibility index (Phi) is 5.11. The third kappa shape index (κ3) is 3.34. The average molecular weight is 359 g/mol. The molecule has 0 aliphatic carbocycles. The van der Waals surface area contributed by atoms with Crippen molar-refractivity contribution >= 4 is 33.5 Å². The second-order valence-corrected chi connectivity index (χ2v) is 4.94. The zero-order chi connectivity index (χ0) is 14.8. The van der Waals surface area contributed by atoms with Crippen molar-refractivity contribution in [2.24, 2.45) is 5.73 Å². The Balaban J connectivity index is 3.19. The normalized spacial score (nSPS) is 13.2. The predicted molar refractivity (Wildman–Crippen MR) is 69.3 cm³/mol. The first-order valence-electron chi connectivity index (χ1n) is 5.20. The molecule has 0 aromatic heterocycles.